The molecule has 15 nitrogen and oxygen atoms in total. The number of aliphatic hydroxyl groups is 5. The highest BCUT2D eigenvalue weighted by Gasteiger charge is 2.57. The van der Waals surface area contributed by atoms with Gasteiger partial charge < -0.3 is 70.1 Å². The fourth-order valence-corrected chi connectivity index (χ4v) is 23.3. The molecule has 18 atom stereocenters. The second-order valence-electron chi connectivity index (χ2n) is 23.9. The zero-order valence-corrected chi connectivity index (χ0v) is 52.3. The molecular weight excluding hydrogens is 1150 g/mol. The number of hydrogen-bond donors (Lipinski definition) is 9. The number of ether oxygens (including phenoxy) is 5. The molecule has 7 aliphatic rings. The number of carbonyl (C=O) groups is 1. The molecule has 2 aliphatic carbocycles. The third-order valence-electron chi connectivity index (χ3n) is 18.9. The van der Waals surface area contributed by atoms with E-state index in [2.05, 4.69) is 29.4 Å². The van der Waals surface area contributed by atoms with E-state index in [1.165, 1.54) is 35.8 Å². The zero-order chi connectivity index (χ0) is 57.2. The maximum Gasteiger partial charge on any atom is 0.224 e. The van der Waals surface area contributed by atoms with Crippen molar-refractivity contribution in [2.45, 2.75) is 145 Å². The van der Waals surface area contributed by atoms with E-state index >= 15 is 0 Å². The van der Waals surface area contributed by atoms with Crippen LogP contribution in [0.5, 0.6) is 28.7 Å². The molecule has 9 rings (SSSR count). The number of benzene rings is 2. The average Bonchev–Trinajstić information content (AvgIpc) is 3.83. The van der Waals surface area contributed by atoms with Crippen LogP contribution < -0.4 is 24.8 Å². The Balaban J connectivity index is 1.03. The lowest BCUT2D eigenvalue weighted by atomic mass is 9.48. The monoisotopic (exact) mass is 1240 g/mol. The molecule has 0 unspecified atom stereocenters. The molecule has 0 aromatic heterocycles. The first-order valence-electron chi connectivity index (χ1n) is 29.4. The second kappa shape index (κ2) is 30.2. The van der Waals surface area contributed by atoms with Crippen molar-refractivity contribution in [3.05, 3.63) is 41.0 Å². The lowest BCUT2D eigenvalue weighted by molar-refractivity contribution is -0.123. The van der Waals surface area contributed by atoms with Crippen LogP contribution in [0.4, 0.5) is 0 Å². The number of fused-ring (bicyclic) bond motifs is 3. The van der Waals surface area contributed by atoms with E-state index in [9.17, 15) is 40.5 Å². The first-order valence-corrected chi connectivity index (χ1v) is 36.8. The van der Waals surface area contributed by atoms with Gasteiger partial charge in [-0.05, 0) is 160 Å². The molecule has 2 aromatic rings. The topological polar surface area (TPSA) is 229 Å². The standard InChI is InChI=1S/C60H88N2O13S6/c1-34-18-38-29-77-76-28-35-13-15-60(26-34)45(38)11-12-49(65)57-44(59(70)62-47(57)6-5-17-71-2)30-78-79-31-48(61-27-35)41-10-9-40(23-46(41)60)75-53-22-37-7-8-39(74-33-64)24-50(66)43(19-36-20-54(72-3)58(69)55(21-36)73-4)52(68)32-80-81-56(14-16-63)42(37)25-51(53)67/h20-22,25,34-35,38-41,43-50,52,56-57,61,63-69H,5-12,14,16-19,23-24,26-33H2,1-4H3,(H,62,70)/t34-,35-,38-,39+,40-,41+,43+,44-,45+,46+,47+,48+,49+,50-,52+,56+,57+,60+/m1/s1. The number of phenols is 2. The van der Waals surface area contributed by atoms with Gasteiger partial charge in [0.25, 0.3) is 0 Å². The summed E-state index contributed by atoms with van der Waals surface area (Å²) in [6.07, 6.45) is 5.69. The molecule has 2 saturated carbocycles. The Labute approximate surface area is 503 Å². The Hall–Kier alpha value is -1.75. The highest BCUT2D eigenvalue weighted by molar-refractivity contribution is 8.77. The Bertz CT molecular complexity index is 2420. The van der Waals surface area contributed by atoms with Gasteiger partial charge in [0.15, 0.2) is 23.0 Å². The van der Waals surface area contributed by atoms with Gasteiger partial charge in [0.05, 0.1) is 50.7 Å². The second-order valence-corrected chi connectivity index (χ2v) is 31.6. The van der Waals surface area contributed by atoms with Crippen molar-refractivity contribution < 1.29 is 64.2 Å². The van der Waals surface area contributed by atoms with Crippen molar-refractivity contribution in [3.8, 4) is 40.6 Å². The summed E-state index contributed by atoms with van der Waals surface area (Å²) in [6.45, 7) is 3.19. The molecule has 9 N–H and O–H groups in total. The van der Waals surface area contributed by atoms with Gasteiger partial charge in [0, 0.05) is 96.1 Å². The third kappa shape index (κ3) is 15.3. The summed E-state index contributed by atoms with van der Waals surface area (Å²) in [4.78, 5) is 13.8. The highest BCUT2D eigenvalue weighted by atomic mass is 33.1. The van der Waals surface area contributed by atoms with Crippen LogP contribution in [0.25, 0.3) is 0 Å². The normalized spacial score (nSPS) is 36.9. The van der Waals surface area contributed by atoms with Gasteiger partial charge in [-0.1, -0.05) is 83.5 Å². The molecule has 452 valence electrons. The predicted octanol–water partition coefficient (Wildman–Crippen LogP) is 8.66. The molecule has 2 saturated heterocycles. The Morgan fingerprint density at radius 3 is 2.32 bits per heavy atom. The first-order chi connectivity index (χ1) is 39.3. The Morgan fingerprint density at radius 2 is 1.56 bits per heavy atom. The number of methoxy groups -OCH3 is 3. The Morgan fingerprint density at radius 1 is 0.778 bits per heavy atom. The maximum absolute atomic E-state index is 13.8. The first kappa shape index (κ1) is 63.7. The summed E-state index contributed by atoms with van der Waals surface area (Å²) in [5.74, 6) is 13.3. The fraction of sp³-hybridized carbons (Fsp3) is 0.750. The van der Waals surface area contributed by atoms with E-state index in [0.717, 1.165) is 86.3 Å². The molecule has 2 aromatic carbocycles. The zero-order valence-electron chi connectivity index (χ0n) is 47.4. The number of hydrogen-bond acceptors (Lipinski definition) is 20. The number of carbonyl (C=O) groups excluding carboxylic acids is 1. The largest absolute Gasteiger partial charge is 0.504 e. The number of phenolic OH excluding ortho intramolecular Hbond substituents is 2. The van der Waals surface area contributed by atoms with Crippen LogP contribution in [-0.2, 0) is 27.1 Å². The molecule has 5 aliphatic heterocycles. The van der Waals surface area contributed by atoms with Crippen molar-refractivity contribution in [2.75, 3.05) is 76.6 Å². The molecule has 1 amide bonds. The molecule has 81 heavy (non-hydrogen) atoms. The number of amides is 1. The fourth-order valence-electron chi connectivity index (χ4n) is 15.0. The van der Waals surface area contributed by atoms with Gasteiger partial charge >= 0.3 is 0 Å². The van der Waals surface area contributed by atoms with Crippen LogP contribution >= 0.6 is 64.8 Å². The van der Waals surface area contributed by atoms with Crippen LogP contribution in [0.3, 0.4) is 0 Å². The average molecular weight is 1240 g/mol. The predicted molar refractivity (Wildman–Crippen MR) is 329 cm³/mol. The van der Waals surface area contributed by atoms with E-state index in [0.29, 0.717) is 67.1 Å². The summed E-state index contributed by atoms with van der Waals surface area (Å²) in [5, 5.41) is 87.0. The van der Waals surface area contributed by atoms with Crippen LogP contribution in [0.15, 0.2) is 24.3 Å². The van der Waals surface area contributed by atoms with Crippen LogP contribution in [0.2, 0.25) is 0 Å². The summed E-state index contributed by atoms with van der Waals surface area (Å²) in [6, 6.07) is 7.20. The molecule has 4 bridgehead atoms. The Kier molecular flexibility index (Phi) is 23.8. The van der Waals surface area contributed by atoms with E-state index < -0.39 is 37.1 Å². The van der Waals surface area contributed by atoms with Crippen molar-refractivity contribution in [1.29, 1.82) is 0 Å². The van der Waals surface area contributed by atoms with Gasteiger partial charge in [-0.25, -0.2) is 0 Å². The van der Waals surface area contributed by atoms with Crippen molar-refractivity contribution in [3.63, 3.8) is 0 Å². The summed E-state index contributed by atoms with van der Waals surface area (Å²) in [7, 11) is 15.2. The minimum atomic E-state index is -1.05. The molecule has 21 heteroatoms. The van der Waals surface area contributed by atoms with Crippen molar-refractivity contribution in [1.82, 2.24) is 10.6 Å². The van der Waals surface area contributed by atoms with E-state index in [4.69, 9.17) is 23.7 Å². The quantitative estimate of drug-likeness (QED) is 0.0373. The summed E-state index contributed by atoms with van der Waals surface area (Å²) >= 11 is 0. The lowest BCUT2D eigenvalue weighted by Gasteiger charge is -2.56. The highest BCUT2D eigenvalue weighted by Crippen LogP contribution is 2.61. The van der Waals surface area contributed by atoms with Crippen LogP contribution in [0.1, 0.15) is 106 Å². The van der Waals surface area contributed by atoms with Gasteiger partial charge in [-0.2, -0.15) is 0 Å². The minimum Gasteiger partial charge on any atom is -0.504 e. The number of rotatable bonds is 14. The van der Waals surface area contributed by atoms with E-state index in [1.807, 2.05) is 38.4 Å². The van der Waals surface area contributed by atoms with Gasteiger partial charge in [-0.3, -0.25) is 4.79 Å². The molecular formula is C60H88N2O13S6. The number of aromatic hydroxyl groups is 2. The SMILES string of the molecule is COCCC[C@@H]1NC(=O)[C@@H]2CSSC[C@@H]3NC[C@H]4C#C[C@@]5(C[C@H](C)C[C@H](CSSC4)[C@@H]5CC[C@H](O)[C@H]12)[C@H]1C[C@H](Oc2cc4c(cc2O)[C@H](CCO)SSC[C@H](O)[C@@H](Cc2cc(OC)c(O)c(OC)c2)[C@H](O)C[C@@H](OCO)CC4)CC[C@H]31. The van der Waals surface area contributed by atoms with E-state index in [-0.39, 0.29) is 113 Å². The third-order valence-corrected chi connectivity index (χ3v) is 26.8. The van der Waals surface area contributed by atoms with Crippen LogP contribution in [0, 0.1) is 70.5 Å². The lowest BCUT2D eigenvalue weighted by Crippen LogP contribution is -2.55. The molecule has 1 spiro atoms. The van der Waals surface area contributed by atoms with Gasteiger partial charge in [0.1, 0.15) is 6.79 Å². The smallest absolute Gasteiger partial charge is 0.224 e. The molecule has 0 radical (unpaired) electrons. The van der Waals surface area contributed by atoms with Crippen molar-refractivity contribution >= 4 is 70.7 Å². The number of nitrogens with one attached hydrogen (secondary N) is 2. The van der Waals surface area contributed by atoms with Gasteiger partial charge in [-0.15, -0.1) is 0 Å². The minimum absolute atomic E-state index is 0.0231. The maximum atomic E-state index is 13.8. The molecule has 4 fully saturated rings. The van der Waals surface area contributed by atoms with Crippen molar-refractivity contribution in [2.24, 2.45) is 58.7 Å². The number of aryl methyl sites for hydroxylation is 1. The van der Waals surface area contributed by atoms with E-state index in [1.54, 1.807) is 36.1 Å². The van der Waals surface area contributed by atoms with Crippen LogP contribution in [-0.4, -0.2) is 161 Å². The summed E-state index contributed by atoms with van der Waals surface area (Å²) in [5.41, 5.74) is 2.10. The summed E-state index contributed by atoms with van der Waals surface area (Å²) < 4.78 is 29.4. The van der Waals surface area contributed by atoms with Gasteiger partial charge in [0.2, 0.25) is 11.7 Å². The molecule has 5 heterocycles. The number of aliphatic hydroxyl groups excluding tert-OH is 5.